The molecule has 1 fully saturated rings. The molecule has 1 N–H and O–H groups in total. The molecule has 1 heterocycles. The Morgan fingerprint density at radius 2 is 1.90 bits per heavy atom. The molecule has 0 radical (unpaired) electrons. The zero-order valence-electron chi connectivity index (χ0n) is 16.1. The van der Waals surface area contributed by atoms with Gasteiger partial charge in [-0.15, -0.1) is 0 Å². The lowest BCUT2D eigenvalue weighted by Gasteiger charge is -2.15. The second kappa shape index (κ2) is 9.49. The van der Waals surface area contributed by atoms with Crippen molar-refractivity contribution in [2.24, 2.45) is 5.10 Å². The topological polar surface area (TPSA) is 88.1 Å². The number of methoxy groups -OCH3 is 1. The number of nitrogens with one attached hydrogen (secondary N) is 1. The number of carbonyl (C=O) groups excluding carboxylic acids is 1. The minimum Gasteiger partial charge on any atom is -0.496 e. The number of sulfonamides is 1. The number of hydrazone groups is 1. The van der Waals surface area contributed by atoms with E-state index in [4.69, 9.17) is 4.74 Å². The van der Waals surface area contributed by atoms with Crippen LogP contribution in [0.15, 0.2) is 64.6 Å². The number of allylic oxidation sites excluding steroid dienone is 1. The van der Waals surface area contributed by atoms with Crippen LogP contribution in [0.3, 0.4) is 0 Å². The van der Waals surface area contributed by atoms with Gasteiger partial charge in [-0.1, -0.05) is 24.3 Å². The number of amides is 1. The number of carbonyl (C=O) groups is 1. The van der Waals surface area contributed by atoms with E-state index in [1.807, 2.05) is 24.3 Å². The van der Waals surface area contributed by atoms with Crippen molar-refractivity contribution in [2.45, 2.75) is 17.7 Å². The average Bonchev–Trinajstić information content (AvgIpc) is 3.29. The molecule has 29 heavy (non-hydrogen) atoms. The fourth-order valence-corrected chi connectivity index (χ4v) is 4.59. The molecule has 0 saturated carbocycles. The smallest absolute Gasteiger partial charge is 0.271 e. The van der Waals surface area contributed by atoms with E-state index in [2.05, 4.69) is 10.5 Å². The van der Waals surface area contributed by atoms with E-state index in [0.29, 0.717) is 13.1 Å². The van der Waals surface area contributed by atoms with Crippen LogP contribution in [0.2, 0.25) is 0 Å². The Morgan fingerprint density at radius 3 is 2.66 bits per heavy atom. The molecule has 8 heteroatoms. The molecule has 2 aromatic rings. The van der Waals surface area contributed by atoms with Gasteiger partial charge >= 0.3 is 0 Å². The standard InChI is InChI=1S/C21H23N3O4S/c1-28-20-12-3-2-8-17(20)10-7-13-22-23-21(25)18-9-6-11-19(16-18)29(26,27)24-14-4-5-15-24/h2-3,6-13,16H,4-5,14-15H2,1H3,(H,23,25)/b10-7+,22-13+. The van der Waals surface area contributed by atoms with E-state index in [0.717, 1.165) is 24.2 Å². The van der Waals surface area contributed by atoms with Crippen LogP contribution in [0.5, 0.6) is 5.75 Å². The summed E-state index contributed by atoms with van der Waals surface area (Å²) in [5, 5.41) is 3.88. The maximum Gasteiger partial charge on any atom is 0.271 e. The summed E-state index contributed by atoms with van der Waals surface area (Å²) in [4.78, 5) is 12.4. The highest BCUT2D eigenvalue weighted by Crippen LogP contribution is 2.21. The number of hydrogen-bond acceptors (Lipinski definition) is 5. The molecule has 0 aliphatic carbocycles. The molecule has 2 aromatic carbocycles. The molecule has 1 amide bonds. The molecule has 152 valence electrons. The van der Waals surface area contributed by atoms with Gasteiger partial charge in [-0.05, 0) is 49.3 Å². The second-order valence-electron chi connectivity index (χ2n) is 6.46. The first-order valence-electron chi connectivity index (χ1n) is 9.25. The van der Waals surface area contributed by atoms with Gasteiger partial charge in [-0.2, -0.15) is 9.41 Å². The van der Waals surface area contributed by atoms with Crippen molar-refractivity contribution >= 4 is 28.2 Å². The van der Waals surface area contributed by atoms with Gasteiger partial charge in [-0.25, -0.2) is 13.8 Å². The van der Waals surface area contributed by atoms with Crippen molar-refractivity contribution in [3.05, 3.63) is 65.7 Å². The van der Waals surface area contributed by atoms with Crippen molar-refractivity contribution in [1.29, 1.82) is 0 Å². The predicted molar refractivity (Wildman–Crippen MR) is 112 cm³/mol. The summed E-state index contributed by atoms with van der Waals surface area (Å²) in [5.41, 5.74) is 3.52. The Hall–Kier alpha value is -2.97. The molecular formula is C21H23N3O4S. The first kappa shape index (κ1) is 20.8. The average molecular weight is 413 g/mol. The van der Waals surface area contributed by atoms with Crippen LogP contribution < -0.4 is 10.2 Å². The van der Waals surface area contributed by atoms with E-state index in [1.165, 1.54) is 22.7 Å². The van der Waals surface area contributed by atoms with E-state index < -0.39 is 15.9 Å². The number of hydrogen-bond donors (Lipinski definition) is 1. The number of ether oxygens (including phenoxy) is 1. The molecule has 0 unspecified atom stereocenters. The highest BCUT2D eigenvalue weighted by atomic mass is 32.2. The van der Waals surface area contributed by atoms with Crippen molar-refractivity contribution in [3.63, 3.8) is 0 Å². The van der Waals surface area contributed by atoms with Gasteiger partial charge < -0.3 is 4.74 Å². The maximum atomic E-state index is 12.6. The van der Waals surface area contributed by atoms with Gasteiger partial charge in [0, 0.05) is 30.4 Å². The monoisotopic (exact) mass is 413 g/mol. The van der Waals surface area contributed by atoms with E-state index in [9.17, 15) is 13.2 Å². The van der Waals surface area contributed by atoms with Gasteiger partial charge in [0.25, 0.3) is 5.91 Å². The van der Waals surface area contributed by atoms with Crippen LogP contribution in [0.4, 0.5) is 0 Å². The van der Waals surface area contributed by atoms with Crippen molar-refractivity contribution in [1.82, 2.24) is 9.73 Å². The quantitative estimate of drug-likeness (QED) is 0.558. The molecule has 7 nitrogen and oxygen atoms in total. The molecule has 0 aromatic heterocycles. The second-order valence-corrected chi connectivity index (χ2v) is 8.40. The first-order valence-corrected chi connectivity index (χ1v) is 10.7. The molecular weight excluding hydrogens is 390 g/mol. The third-order valence-electron chi connectivity index (χ3n) is 4.54. The van der Waals surface area contributed by atoms with Gasteiger partial charge in [0.1, 0.15) is 5.75 Å². The van der Waals surface area contributed by atoms with Crippen LogP contribution in [0.25, 0.3) is 6.08 Å². The van der Waals surface area contributed by atoms with Gasteiger partial charge in [0.2, 0.25) is 10.0 Å². The number of rotatable bonds is 7. The zero-order valence-corrected chi connectivity index (χ0v) is 16.9. The largest absolute Gasteiger partial charge is 0.496 e. The van der Waals surface area contributed by atoms with E-state index in [1.54, 1.807) is 31.4 Å². The zero-order chi connectivity index (χ0) is 20.7. The maximum absolute atomic E-state index is 12.6. The van der Waals surface area contributed by atoms with Crippen LogP contribution in [-0.4, -0.2) is 45.0 Å². The Bertz CT molecular complexity index is 1030. The third-order valence-corrected chi connectivity index (χ3v) is 6.44. The summed E-state index contributed by atoms with van der Waals surface area (Å²) < 4.78 is 32.0. The molecule has 1 aliphatic heterocycles. The molecule has 0 atom stereocenters. The SMILES string of the molecule is COc1ccccc1/C=C/C=N/NC(=O)c1cccc(S(=O)(=O)N2CCCC2)c1. The van der Waals surface area contributed by atoms with Crippen LogP contribution in [0, 0.1) is 0 Å². The Labute approximate surface area is 170 Å². The summed E-state index contributed by atoms with van der Waals surface area (Å²) in [7, 11) is -1.97. The first-order chi connectivity index (χ1) is 14.0. The normalized spacial score (nSPS) is 15.2. The van der Waals surface area contributed by atoms with Crippen LogP contribution >= 0.6 is 0 Å². The minimum atomic E-state index is -3.57. The lowest BCUT2D eigenvalue weighted by molar-refractivity contribution is 0.0955. The van der Waals surface area contributed by atoms with Gasteiger partial charge in [0.15, 0.2) is 0 Å². The van der Waals surface area contributed by atoms with Gasteiger partial charge in [0.05, 0.1) is 12.0 Å². The summed E-state index contributed by atoms with van der Waals surface area (Å²) >= 11 is 0. The third kappa shape index (κ3) is 5.10. The summed E-state index contributed by atoms with van der Waals surface area (Å²) in [6.07, 6.45) is 6.63. The summed E-state index contributed by atoms with van der Waals surface area (Å²) in [6.45, 7) is 1.03. The highest BCUT2D eigenvalue weighted by molar-refractivity contribution is 7.89. The summed E-state index contributed by atoms with van der Waals surface area (Å²) in [5.74, 6) is 0.252. The van der Waals surface area contributed by atoms with Crippen molar-refractivity contribution < 1.29 is 17.9 Å². The Kier molecular flexibility index (Phi) is 6.79. The molecule has 3 rings (SSSR count). The lowest BCUT2D eigenvalue weighted by Crippen LogP contribution is -2.28. The predicted octanol–water partition coefficient (Wildman–Crippen LogP) is 2.91. The molecule has 0 spiro atoms. The van der Waals surface area contributed by atoms with Crippen molar-refractivity contribution in [2.75, 3.05) is 20.2 Å². The van der Waals surface area contributed by atoms with E-state index in [-0.39, 0.29) is 10.5 Å². The Balaban J connectivity index is 1.64. The lowest BCUT2D eigenvalue weighted by atomic mass is 10.2. The molecule has 0 bridgehead atoms. The fraction of sp³-hybridized carbons (Fsp3) is 0.238. The number of nitrogens with zero attached hydrogens (tertiary/aromatic N) is 2. The molecule has 1 aliphatic rings. The van der Waals surface area contributed by atoms with Crippen LogP contribution in [0.1, 0.15) is 28.8 Å². The minimum absolute atomic E-state index is 0.118. The van der Waals surface area contributed by atoms with E-state index >= 15 is 0 Å². The van der Waals surface area contributed by atoms with Gasteiger partial charge in [-0.3, -0.25) is 4.79 Å². The Morgan fingerprint density at radius 1 is 1.14 bits per heavy atom. The van der Waals surface area contributed by atoms with Crippen LogP contribution in [-0.2, 0) is 10.0 Å². The number of para-hydroxylation sites is 1. The summed E-state index contributed by atoms with van der Waals surface area (Å²) in [6, 6.07) is 13.5. The number of benzene rings is 2. The highest BCUT2D eigenvalue weighted by Gasteiger charge is 2.27. The van der Waals surface area contributed by atoms with Crippen molar-refractivity contribution in [3.8, 4) is 5.75 Å². The fourth-order valence-electron chi connectivity index (χ4n) is 3.03. The molecule has 1 saturated heterocycles.